The standard InChI is InChI=1S/C28H27N3O5/c1-4-30-17(3)15-21-22(25(30)32)28(23(24(29)36-21)26(33)35-5-2)19-13-9-10-14-20(19)31(27(28)34)16-18-11-7-6-8-12-18/h6-15H,4-5,16,29H2,1-3H3/t28-/m0/s1. The predicted octanol–water partition coefficient (Wildman–Crippen LogP) is 3.14. The zero-order valence-corrected chi connectivity index (χ0v) is 20.4. The van der Waals surface area contributed by atoms with Crippen LogP contribution in [0.5, 0.6) is 5.75 Å². The molecule has 8 nitrogen and oxygen atoms in total. The van der Waals surface area contributed by atoms with E-state index in [1.807, 2.05) is 49.4 Å². The summed E-state index contributed by atoms with van der Waals surface area (Å²) >= 11 is 0. The van der Waals surface area contributed by atoms with Crippen molar-refractivity contribution < 1.29 is 19.1 Å². The molecule has 0 saturated heterocycles. The van der Waals surface area contributed by atoms with Crippen LogP contribution in [0.2, 0.25) is 0 Å². The van der Waals surface area contributed by atoms with Gasteiger partial charge in [-0.2, -0.15) is 0 Å². The van der Waals surface area contributed by atoms with Crippen molar-refractivity contribution in [1.82, 2.24) is 4.57 Å². The molecule has 0 bridgehead atoms. The van der Waals surface area contributed by atoms with Crippen LogP contribution in [0.4, 0.5) is 5.69 Å². The third kappa shape index (κ3) is 3.17. The summed E-state index contributed by atoms with van der Waals surface area (Å²) in [4.78, 5) is 43.6. The number of amides is 1. The quantitative estimate of drug-likeness (QED) is 0.557. The Labute approximate surface area is 208 Å². The summed E-state index contributed by atoms with van der Waals surface area (Å²) in [6.07, 6.45) is 0. The van der Waals surface area contributed by atoms with Crippen molar-refractivity contribution in [3.8, 4) is 5.75 Å². The van der Waals surface area contributed by atoms with Crippen LogP contribution in [0.25, 0.3) is 0 Å². The molecule has 5 rings (SSSR count). The van der Waals surface area contributed by atoms with Gasteiger partial charge >= 0.3 is 5.97 Å². The first-order valence-electron chi connectivity index (χ1n) is 11.9. The normalized spacial score (nSPS) is 18.2. The monoisotopic (exact) mass is 485 g/mol. The van der Waals surface area contributed by atoms with E-state index in [-0.39, 0.29) is 35.9 Å². The maximum atomic E-state index is 14.6. The zero-order chi connectivity index (χ0) is 25.6. The second-order valence-corrected chi connectivity index (χ2v) is 8.78. The molecule has 0 saturated carbocycles. The maximum Gasteiger partial charge on any atom is 0.341 e. The molecule has 2 N–H and O–H groups in total. The van der Waals surface area contributed by atoms with Gasteiger partial charge in [-0.3, -0.25) is 9.59 Å². The molecule has 3 heterocycles. The van der Waals surface area contributed by atoms with Gasteiger partial charge in [0.05, 0.1) is 18.7 Å². The van der Waals surface area contributed by atoms with E-state index < -0.39 is 22.9 Å². The minimum absolute atomic E-state index is 0.0647. The lowest BCUT2D eigenvalue weighted by Gasteiger charge is -2.36. The topological polar surface area (TPSA) is 104 Å². The van der Waals surface area contributed by atoms with Crippen LogP contribution in [0.3, 0.4) is 0 Å². The molecule has 0 aliphatic carbocycles. The molecular formula is C28H27N3O5. The molecular weight excluding hydrogens is 458 g/mol. The molecule has 2 aliphatic heterocycles. The summed E-state index contributed by atoms with van der Waals surface area (Å²) in [6, 6.07) is 18.4. The van der Waals surface area contributed by atoms with E-state index in [2.05, 4.69) is 0 Å². The number of pyridine rings is 1. The Hall–Kier alpha value is -4.33. The zero-order valence-electron chi connectivity index (χ0n) is 20.4. The van der Waals surface area contributed by atoms with E-state index in [4.69, 9.17) is 15.2 Å². The molecule has 1 atom stereocenters. The van der Waals surface area contributed by atoms with E-state index in [9.17, 15) is 14.4 Å². The molecule has 184 valence electrons. The highest BCUT2D eigenvalue weighted by Gasteiger charge is 2.62. The van der Waals surface area contributed by atoms with Gasteiger partial charge in [-0.15, -0.1) is 0 Å². The SMILES string of the molecule is CCOC(=O)C1=C(N)Oc2cc(C)n(CC)c(=O)c2[C@]12C(=O)N(Cc1ccccc1)c1ccccc12. The smallest absolute Gasteiger partial charge is 0.341 e. The van der Waals surface area contributed by atoms with Crippen LogP contribution in [0, 0.1) is 6.92 Å². The molecule has 2 aromatic carbocycles. The Bertz CT molecular complexity index is 1470. The van der Waals surface area contributed by atoms with Crippen LogP contribution in [-0.2, 0) is 32.8 Å². The van der Waals surface area contributed by atoms with E-state index in [0.717, 1.165) is 5.56 Å². The third-order valence-corrected chi connectivity index (χ3v) is 6.83. The Kier molecular flexibility index (Phi) is 5.67. The Morgan fingerprint density at radius 3 is 2.44 bits per heavy atom. The van der Waals surface area contributed by atoms with Crippen LogP contribution < -0.4 is 20.9 Å². The van der Waals surface area contributed by atoms with Crippen molar-refractivity contribution >= 4 is 17.6 Å². The fraction of sp³-hybridized carbons (Fsp3) is 0.250. The van der Waals surface area contributed by atoms with Crippen LogP contribution in [0.1, 0.15) is 36.2 Å². The van der Waals surface area contributed by atoms with Gasteiger partial charge in [-0.05, 0) is 32.4 Å². The van der Waals surface area contributed by atoms with Crippen LogP contribution >= 0.6 is 0 Å². The minimum Gasteiger partial charge on any atom is -0.462 e. The second-order valence-electron chi connectivity index (χ2n) is 8.78. The van der Waals surface area contributed by atoms with Crippen LogP contribution in [-0.4, -0.2) is 23.1 Å². The van der Waals surface area contributed by atoms with Gasteiger partial charge in [0.1, 0.15) is 16.7 Å². The number of rotatable bonds is 5. The number of hydrogen-bond donors (Lipinski definition) is 1. The molecule has 0 unspecified atom stereocenters. The number of nitrogens with two attached hydrogens (primary N) is 1. The third-order valence-electron chi connectivity index (χ3n) is 6.83. The molecule has 0 fully saturated rings. The number of hydrogen-bond acceptors (Lipinski definition) is 6. The molecule has 8 heteroatoms. The Balaban J connectivity index is 1.87. The minimum atomic E-state index is -1.81. The molecule has 1 amide bonds. The second kappa shape index (κ2) is 8.71. The molecule has 3 aromatic rings. The van der Waals surface area contributed by atoms with E-state index in [1.165, 1.54) is 0 Å². The van der Waals surface area contributed by atoms with E-state index in [0.29, 0.717) is 23.5 Å². The first-order chi connectivity index (χ1) is 17.4. The molecule has 1 aromatic heterocycles. The number of nitrogens with zero attached hydrogens (tertiary/aromatic N) is 2. The average Bonchev–Trinajstić information content (AvgIpc) is 3.08. The van der Waals surface area contributed by atoms with Gasteiger partial charge in [0, 0.05) is 29.6 Å². The number of anilines is 1. The van der Waals surface area contributed by atoms with Crippen molar-refractivity contribution in [1.29, 1.82) is 0 Å². The first kappa shape index (κ1) is 23.4. The van der Waals surface area contributed by atoms with Gasteiger partial charge in [-0.25, -0.2) is 4.79 Å². The number of carbonyl (C=O) groups is 2. The van der Waals surface area contributed by atoms with Crippen molar-refractivity contribution in [3.05, 3.63) is 105 Å². The van der Waals surface area contributed by atoms with Gasteiger partial charge in [0.15, 0.2) is 0 Å². The molecule has 2 aliphatic rings. The highest BCUT2D eigenvalue weighted by atomic mass is 16.5. The number of esters is 1. The fourth-order valence-corrected chi connectivity index (χ4v) is 5.35. The van der Waals surface area contributed by atoms with Gasteiger partial charge in [0.25, 0.3) is 5.56 Å². The van der Waals surface area contributed by atoms with Crippen LogP contribution in [0.15, 0.2) is 76.9 Å². The lowest BCUT2D eigenvalue weighted by atomic mass is 9.68. The van der Waals surface area contributed by atoms with Gasteiger partial charge in [0.2, 0.25) is 11.8 Å². The molecule has 1 spiro atoms. The summed E-state index contributed by atoms with van der Waals surface area (Å²) in [5.74, 6) is -1.34. The molecule has 36 heavy (non-hydrogen) atoms. The summed E-state index contributed by atoms with van der Waals surface area (Å²) in [5, 5.41) is 0. The largest absolute Gasteiger partial charge is 0.462 e. The first-order valence-corrected chi connectivity index (χ1v) is 11.9. The number of benzene rings is 2. The predicted molar refractivity (Wildman–Crippen MR) is 134 cm³/mol. The van der Waals surface area contributed by atoms with Gasteiger partial charge in [-0.1, -0.05) is 48.5 Å². The summed E-state index contributed by atoms with van der Waals surface area (Å²) in [6.45, 7) is 5.99. The maximum absolute atomic E-state index is 14.6. The number of carbonyl (C=O) groups excluding carboxylic acids is 2. The van der Waals surface area contributed by atoms with Crippen molar-refractivity contribution in [2.24, 2.45) is 5.73 Å². The van der Waals surface area contributed by atoms with Gasteiger partial charge < -0.3 is 24.7 Å². The number of aryl methyl sites for hydroxylation is 1. The average molecular weight is 486 g/mol. The summed E-state index contributed by atoms with van der Waals surface area (Å²) < 4.78 is 12.8. The lowest BCUT2D eigenvalue weighted by Crippen LogP contribution is -2.52. The van der Waals surface area contributed by atoms with Crippen molar-refractivity contribution in [2.45, 2.75) is 39.3 Å². The number of para-hydroxylation sites is 1. The highest BCUT2D eigenvalue weighted by Crippen LogP contribution is 2.54. The summed E-state index contributed by atoms with van der Waals surface area (Å²) in [5.41, 5.74) is 6.66. The Morgan fingerprint density at radius 2 is 1.75 bits per heavy atom. The Morgan fingerprint density at radius 1 is 1.06 bits per heavy atom. The number of aromatic nitrogens is 1. The van der Waals surface area contributed by atoms with Crippen molar-refractivity contribution in [3.63, 3.8) is 0 Å². The molecule has 0 radical (unpaired) electrons. The fourth-order valence-electron chi connectivity index (χ4n) is 5.35. The highest BCUT2D eigenvalue weighted by molar-refractivity contribution is 6.18. The van der Waals surface area contributed by atoms with Crippen molar-refractivity contribution in [2.75, 3.05) is 11.5 Å². The summed E-state index contributed by atoms with van der Waals surface area (Å²) in [7, 11) is 0. The van der Waals surface area contributed by atoms with E-state index >= 15 is 0 Å². The number of fused-ring (bicyclic) bond motifs is 4. The number of ether oxygens (including phenoxy) is 2. The van der Waals surface area contributed by atoms with E-state index in [1.54, 1.807) is 41.5 Å². The lowest BCUT2D eigenvalue weighted by molar-refractivity contribution is -0.140.